The van der Waals surface area contributed by atoms with Crippen molar-refractivity contribution in [1.82, 2.24) is 0 Å². The van der Waals surface area contributed by atoms with Crippen molar-refractivity contribution in [3.05, 3.63) is 63.6 Å². The van der Waals surface area contributed by atoms with Crippen LogP contribution >= 0.6 is 15.9 Å². The third-order valence-corrected chi connectivity index (χ3v) is 3.79. The third-order valence-electron chi connectivity index (χ3n) is 3.30. The Kier molecular flexibility index (Phi) is 4.77. The maximum Gasteiger partial charge on any atom is 0.184 e. The van der Waals surface area contributed by atoms with Crippen LogP contribution in [0.2, 0.25) is 0 Å². The molecule has 4 heteroatoms. The standard InChI is InChI=1S/C17H14BrNO2/c1-11-9-12(18)7-8-13(11)17(20)15(10-19)14-5-3-4-6-16(14)21-2/h3-9,15H,1-2H3. The van der Waals surface area contributed by atoms with E-state index >= 15 is 0 Å². The SMILES string of the molecule is COc1ccccc1C(C#N)C(=O)c1ccc(Br)cc1C. The highest BCUT2D eigenvalue weighted by Crippen LogP contribution is 2.30. The third kappa shape index (κ3) is 3.14. The molecule has 0 aliphatic heterocycles. The van der Waals surface area contributed by atoms with Gasteiger partial charge in [-0.2, -0.15) is 5.26 Å². The molecule has 106 valence electrons. The number of nitriles is 1. The molecule has 0 N–H and O–H groups in total. The molecule has 0 amide bonds. The fourth-order valence-electron chi connectivity index (χ4n) is 2.23. The van der Waals surface area contributed by atoms with E-state index in [4.69, 9.17) is 4.74 Å². The van der Waals surface area contributed by atoms with Gasteiger partial charge in [-0.1, -0.05) is 34.1 Å². The van der Waals surface area contributed by atoms with Crippen LogP contribution in [0, 0.1) is 18.3 Å². The Hall–Kier alpha value is -2.12. The van der Waals surface area contributed by atoms with Crippen LogP contribution in [0.25, 0.3) is 0 Å². The zero-order valence-electron chi connectivity index (χ0n) is 11.8. The minimum atomic E-state index is -0.874. The number of hydrogen-bond acceptors (Lipinski definition) is 3. The average Bonchev–Trinajstić information content (AvgIpc) is 2.48. The van der Waals surface area contributed by atoms with Crippen LogP contribution in [0.1, 0.15) is 27.4 Å². The van der Waals surface area contributed by atoms with Crippen LogP contribution in [0.15, 0.2) is 46.9 Å². The van der Waals surface area contributed by atoms with E-state index in [1.165, 1.54) is 7.11 Å². The second kappa shape index (κ2) is 6.55. The predicted octanol–water partition coefficient (Wildman–Crippen LogP) is 4.26. The number of benzene rings is 2. The molecular weight excluding hydrogens is 330 g/mol. The first kappa shape index (κ1) is 15.3. The molecule has 2 aromatic rings. The van der Waals surface area contributed by atoms with E-state index in [-0.39, 0.29) is 5.78 Å². The molecule has 1 atom stereocenters. The number of rotatable bonds is 4. The zero-order valence-corrected chi connectivity index (χ0v) is 13.3. The maximum atomic E-state index is 12.7. The van der Waals surface area contributed by atoms with Crippen LogP contribution in [-0.4, -0.2) is 12.9 Å². The number of carbonyl (C=O) groups is 1. The quantitative estimate of drug-likeness (QED) is 0.779. The van der Waals surface area contributed by atoms with Gasteiger partial charge < -0.3 is 4.74 Å². The van der Waals surface area contributed by atoms with Crippen molar-refractivity contribution in [1.29, 1.82) is 5.26 Å². The molecule has 0 spiro atoms. The van der Waals surface area contributed by atoms with Gasteiger partial charge in [0.1, 0.15) is 11.7 Å². The summed E-state index contributed by atoms with van der Waals surface area (Å²) in [5.41, 5.74) is 1.98. The van der Waals surface area contributed by atoms with E-state index in [2.05, 4.69) is 22.0 Å². The van der Waals surface area contributed by atoms with Crippen LogP contribution in [0.5, 0.6) is 5.75 Å². The summed E-state index contributed by atoms with van der Waals surface area (Å²) >= 11 is 3.37. The normalized spacial score (nSPS) is 11.5. The lowest BCUT2D eigenvalue weighted by Crippen LogP contribution is -2.13. The van der Waals surface area contributed by atoms with Crippen molar-refractivity contribution in [2.45, 2.75) is 12.8 Å². The van der Waals surface area contributed by atoms with Crippen molar-refractivity contribution in [2.75, 3.05) is 7.11 Å². The molecule has 0 saturated carbocycles. The molecule has 0 aromatic heterocycles. The highest BCUT2D eigenvalue weighted by atomic mass is 79.9. The van der Waals surface area contributed by atoms with E-state index in [1.807, 2.05) is 19.1 Å². The number of hydrogen-bond donors (Lipinski definition) is 0. The summed E-state index contributed by atoms with van der Waals surface area (Å²) in [6.45, 7) is 1.86. The van der Waals surface area contributed by atoms with Gasteiger partial charge in [0.25, 0.3) is 0 Å². The first-order valence-corrected chi connectivity index (χ1v) is 7.20. The van der Waals surface area contributed by atoms with Crippen molar-refractivity contribution < 1.29 is 9.53 Å². The molecule has 3 nitrogen and oxygen atoms in total. The number of methoxy groups -OCH3 is 1. The van der Waals surface area contributed by atoms with Gasteiger partial charge in [0.15, 0.2) is 5.78 Å². The molecule has 0 heterocycles. The lowest BCUT2D eigenvalue weighted by molar-refractivity contribution is 0.0977. The van der Waals surface area contributed by atoms with Gasteiger partial charge in [0.05, 0.1) is 13.2 Å². The minimum Gasteiger partial charge on any atom is -0.496 e. The molecule has 0 bridgehead atoms. The molecule has 0 aliphatic carbocycles. The zero-order chi connectivity index (χ0) is 15.4. The highest BCUT2D eigenvalue weighted by Gasteiger charge is 2.25. The Bertz CT molecular complexity index is 719. The number of nitrogens with zero attached hydrogens (tertiary/aromatic N) is 1. The van der Waals surface area contributed by atoms with Gasteiger partial charge in [-0.15, -0.1) is 0 Å². The first-order chi connectivity index (χ1) is 10.1. The van der Waals surface area contributed by atoms with Gasteiger partial charge in [-0.25, -0.2) is 0 Å². The largest absolute Gasteiger partial charge is 0.496 e. The molecule has 0 aliphatic rings. The Balaban J connectivity index is 2.46. The molecule has 21 heavy (non-hydrogen) atoms. The summed E-state index contributed by atoms with van der Waals surface area (Å²) in [5, 5.41) is 9.44. The Morgan fingerprint density at radius 2 is 2.00 bits per heavy atom. The Labute approximate surface area is 132 Å². The topological polar surface area (TPSA) is 50.1 Å². The first-order valence-electron chi connectivity index (χ1n) is 6.41. The molecule has 2 aromatic carbocycles. The van der Waals surface area contributed by atoms with Crippen LogP contribution in [-0.2, 0) is 0 Å². The molecular formula is C17H14BrNO2. The lowest BCUT2D eigenvalue weighted by atomic mass is 9.89. The number of ketones is 1. The highest BCUT2D eigenvalue weighted by molar-refractivity contribution is 9.10. The summed E-state index contributed by atoms with van der Waals surface area (Å²) in [6.07, 6.45) is 0. The summed E-state index contributed by atoms with van der Waals surface area (Å²) in [4.78, 5) is 12.7. The number of ether oxygens (including phenoxy) is 1. The van der Waals surface area contributed by atoms with E-state index in [0.29, 0.717) is 16.9 Å². The lowest BCUT2D eigenvalue weighted by Gasteiger charge is -2.14. The van der Waals surface area contributed by atoms with Crippen molar-refractivity contribution in [2.24, 2.45) is 0 Å². The van der Waals surface area contributed by atoms with Gasteiger partial charge in [-0.05, 0) is 36.8 Å². The fraction of sp³-hybridized carbons (Fsp3) is 0.176. The van der Waals surface area contributed by atoms with E-state index < -0.39 is 5.92 Å². The molecule has 1 unspecified atom stereocenters. The average molecular weight is 344 g/mol. The fourth-order valence-corrected chi connectivity index (χ4v) is 2.71. The number of para-hydroxylation sites is 1. The maximum absolute atomic E-state index is 12.7. The summed E-state index contributed by atoms with van der Waals surface area (Å²) in [5.74, 6) is -0.541. The number of Topliss-reactive ketones (excluding diaryl/α,β-unsaturated/α-hetero) is 1. The number of halogens is 1. The van der Waals surface area contributed by atoms with Crippen molar-refractivity contribution in [3.8, 4) is 11.8 Å². The second-order valence-corrected chi connectivity index (χ2v) is 5.54. The summed E-state index contributed by atoms with van der Waals surface area (Å²) in [6, 6.07) is 14.6. The molecule has 2 rings (SSSR count). The minimum absolute atomic E-state index is 0.216. The van der Waals surface area contributed by atoms with Crippen molar-refractivity contribution in [3.63, 3.8) is 0 Å². The smallest absolute Gasteiger partial charge is 0.184 e. The Morgan fingerprint density at radius 1 is 1.29 bits per heavy atom. The number of aryl methyl sites for hydroxylation is 1. The van der Waals surface area contributed by atoms with Crippen LogP contribution < -0.4 is 4.74 Å². The monoisotopic (exact) mass is 343 g/mol. The predicted molar refractivity (Wildman–Crippen MR) is 84.6 cm³/mol. The van der Waals surface area contributed by atoms with Crippen molar-refractivity contribution >= 4 is 21.7 Å². The molecule has 0 saturated heterocycles. The summed E-state index contributed by atoms with van der Waals surface area (Å²) < 4.78 is 6.16. The van der Waals surface area contributed by atoms with Gasteiger partial charge in [0.2, 0.25) is 0 Å². The number of carbonyl (C=O) groups excluding carboxylic acids is 1. The molecule has 0 fully saturated rings. The Morgan fingerprint density at radius 3 is 2.62 bits per heavy atom. The molecule has 0 radical (unpaired) electrons. The summed E-state index contributed by atoms with van der Waals surface area (Å²) in [7, 11) is 1.53. The second-order valence-electron chi connectivity index (χ2n) is 4.63. The van der Waals surface area contributed by atoms with Crippen LogP contribution in [0.4, 0.5) is 0 Å². The van der Waals surface area contributed by atoms with Gasteiger partial charge >= 0.3 is 0 Å². The van der Waals surface area contributed by atoms with Gasteiger partial charge in [0, 0.05) is 15.6 Å². The van der Waals surface area contributed by atoms with Crippen LogP contribution in [0.3, 0.4) is 0 Å². The van der Waals surface area contributed by atoms with E-state index in [0.717, 1.165) is 10.0 Å². The van der Waals surface area contributed by atoms with E-state index in [1.54, 1.807) is 30.3 Å². The van der Waals surface area contributed by atoms with E-state index in [9.17, 15) is 10.1 Å². The van der Waals surface area contributed by atoms with Gasteiger partial charge in [-0.3, -0.25) is 4.79 Å².